The molecule has 0 atom stereocenters. The quantitative estimate of drug-likeness (QED) is 0.368. The summed E-state index contributed by atoms with van der Waals surface area (Å²) in [7, 11) is 0. The number of thiophene rings is 1. The molecule has 0 unspecified atom stereocenters. The van der Waals surface area contributed by atoms with Gasteiger partial charge >= 0.3 is 0 Å². The van der Waals surface area contributed by atoms with E-state index >= 15 is 0 Å². The minimum atomic E-state index is 0.979. The molecule has 0 radical (unpaired) electrons. The molecule has 3 aromatic heterocycles. The Labute approximate surface area is 124 Å². The summed E-state index contributed by atoms with van der Waals surface area (Å²) < 4.78 is 2.52. The average Bonchev–Trinajstić information content (AvgIpc) is 2.90. The Morgan fingerprint density at radius 2 is 1.62 bits per heavy atom. The summed E-state index contributed by atoms with van der Waals surface area (Å²) in [6.45, 7) is 0. The first kappa shape index (κ1) is 11.2. The van der Waals surface area contributed by atoms with Gasteiger partial charge < -0.3 is 0 Å². The third-order valence-electron chi connectivity index (χ3n) is 3.88. The van der Waals surface area contributed by atoms with Gasteiger partial charge in [0.25, 0.3) is 0 Å². The van der Waals surface area contributed by atoms with Gasteiger partial charge in [-0.05, 0) is 18.2 Å². The lowest BCUT2D eigenvalue weighted by Gasteiger charge is -2.02. The average molecular weight is 286 g/mol. The SMILES string of the molecule is c1cnc2c(c1)ccc1cc3sc4ccccc4c3nc12. The van der Waals surface area contributed by atoms with Crippen molar-refractivity contribution in [2.75, 3.05) is 0 Å². The Morgan fingerprint density at radius 1 is 0.714 bits per heavy atom. The third kappa shape index (κ3) is 1.52. The van der Waals surface area contributed by atoms with Gasteiger partial charge in [0.05, 0.1) is 21.3 Å². The van der Waals surface area contributed by atoms with Crippen LogP contribution in [0.15, 0.2) is 60.8 Å². The lowest BCUT2D eigenvalue weighted by molar-refractivity contribution is 1.41. The smallest absolute Gasteiger partial charge is 0.0973 e. The lowest BCUT2D eigenvalue weighted by atomic mass is 10.1. The van der Waals surface area contributed by atoms with Crippen LogP contribution in [0.3, 0.4) is 0 Å². The van der Waals surface area contributed by atoms with Crippen LogP contribution in [0.4, 0.5) is 0 Å². The number of benzene rings is 2. The summed E-state index contributed by atoms with van der Waals surface area (Å²) in [5.41, 5.74) is 3.05. The van der Waals surface area contributed by atoms with Crippen LogP contribution in [0.1, 0.15) is 0 Å². The second-order valence-corrected chi connectivity index (χ2v) is 6.23. The van der Waals surface area contributed by atoms with Crippen LogP contribution in [0.2, 0.25) is 0 Å². The van der Waals surface area contributed by atoms with Crippen LogP contribution in [0.25, 0.3) is 42.1 Å². The summed E-state index contributed by atoms with van der Waals surface area (Å²) in [6, 6.07) is 19.0. The van der Waals surface area contributed by atoms with Crippen molar-refractivity contribution < 1.29 is 0 Å². The number of hydrogen-bond acceptors (Lipinski definition) is 3. The van der Waals surface area contributed by atoms with E-state index in [9.17, 15) is 0 Å². The van der Waals surface area contributed by atoms with Gasteiger partial charge in [-0.1, -0.05) is 36.4 Å². The Bertz CT molecular complexity index is 1140. The third-order valence-corrected chi connectivity index (χ3v) is 4.99. The molecule has 2 aromatic carbocycles. The van der Waals surface area contributed by atoms with Crippen molar-refractivity contribution in [2.24, 2.45) is 0 Å². The first-order chi connectivity index (χ1) is 10.4. The molecule has 0 spiro atoms. The van der Waals surface area contributed by atoms with Gasteiger partial charge in [0.2, 0.25) is 0 Å². The highest BCUT2D eigenvalue weighted by Crippen LogP contribution is 2.35. The van der Waals surface area contributed by atoms with Gasteiger partial charge in [0, 0.05) is 27.1 Å². The zero-order chi connectivity index (χ0) is 13.8. The van der Waals surface area contributed by atoms with E-state index in [0.717, 1.165) is 27.3 Å². The van der Waals surface area contributed by atoms with Gasteiger partial charge in [0.15, 0.2) is 0 Å². The van der Waals surface area contributed by atoms with E-state index in [4.69, 9.17) is 4.98 Å². The molecule has 0 N–H and O–H groups in total. The summed E-state index contributed by atoms with van der Waals surface area (Å²) in [4.78, 5) is 9.46. The van der Waals surface area contributed by atoms with Crippen LogP contribution >= 0.6 is 11.3 Å². The fraction of sp³-hybridized carbons (Fsp3) is 0. The second-order valence-electron chi connectivity index (χ2n) is 5.15. The van der Waals surface area contributed by atoms with E-state index in [-0.39, 0.29) is 0 Å². The Balaban J connectivity index is 2.06. The molecule has 0 aliphatic rings. The van der Waals surface area contributed by atoms with Crippen LogP contribution in [-0.2, 0) is 0 Å². The first-order valence-corrected chi connectivity index (χ1v) is 7.67. The van der Waals surface area contributed by atoms with Gasteiger partial charge in [-0.3, -0.25) is 4.98 Å². The van der Waals surface area contributed by atoms with Crippen molar-refractivity contribution in [3.63, 3.8) is 0 Å². The molecule has 98 valence electrons. The highest BCUT2D eigenvalue weighted by molar-refractivity contribution is 7.25. The second kappa shape index (κ2) is 3.99. The minimum absolute atomic E-state index is 0.979. The zero-order valence-corrected chi connectivity index (χ0v) is 11.9. The van der Waals surface area contributed by atoms with Gasteiger partial charge in [-0.2, -0.15) is 0 Å². The first-order valence-electron chi connectivity index (χ1n) is 6.86. The predicted molar refractivity (Wildman–Crippen MR) is 89.9 cm³/mol. The normalized spacial score (nSPS) is 11.8. The maximum Gasteiger partial charge on any atom is 0.0973 e. The van der Waals surface area contributed by atoms with E-state index in [1.54, 1.807) is 11.3 Å². The fourth-order valence-electron chi connectivity index (χ4n) is 2.90. The standard InChI is InChI=1S/C18H10N2S/c1-2-6-14-13(5-1)18-15(21-14)10-12-8-7-11-4-3-9-19-16(11)17(12)20-18/h1-10H. The molecule has 3 heterocycles. The van der Waals surface area contributed by atoms with E-state index in [1.807, 2.05) is 12.3 Å². The maximum absolute atomic E-state index is 4.94. The Hall–Kier alpha value is -2.52. The molecule has 0 amide bonds. The minimum Gasteiger partial charge on any atom is -0.254 e. The molecular formula is C18H10N2S. The lowest BCUT2D eigenvalue weighted by Crippen LogP contribution is -1.85. The highest BCUT2D eigenvalue weighted by Gasteiger charge is 2.09. The molecule has 0 fully saturated rings. The number of fused-ring (bicyclic) bond motifs is 6. The Kier molecular flexibility index (Phi) is 2.12. The van der Waals surface area contributed by atoms with Crippen molar-refractivity contribution in [2.45, 2.75) is 0 Å². The number of nitrogens with zero attached hydrogens (tertiary/aromatic N) is 2. The Morgan fingerprint density at radius 3 is 2.62 bits per heavy atom. The summed E-state index contributed by atoms with van der Waals surface area (Å²) in [5.74, 6) is 0. The summed E-state index contributed by atoms with van der Waals surface area (Å²) in [6.07, 6.45) is 1.83. The van der Waals surface area contributed by atoms with Crippen LogP contribution in [0, 0.1) is 0 Å². The summed E-state index contributed by atoms with van der Waals surface area (Å²) in [5, 5.41) is 3.52. The topological polar surface area (TPSA) is 25.8 Å². The number of pyridine rings is 2. The molecule has 21 heavy (non-hydrogen) atoms. The number of rotatable bonds is 0. The van der Waals surface area contributed by atoms with Crippen LogP contribution in [-0.4, -0.2) is 9.97 Å². The maximum atomic E-state index is 4.94. The van der Waals surface area contributed by atoms with E-state index < -0.39 is 0 Å². The largest absolute Gasteiger partial charge is 0.254 e. The highest BCUT2D eigenvalue weighted by atomic mass is 32.1. The van der Waals surface area contributed by atoms with Crippen molar-refractivity contribution in [3.8, 4) is 0 Å². The number of aromatic nitrogens is 2. The van der Waals surface area contributed by atoms with E-state index in [1.165, 1.54) is 14.8 Å². The fourth-order valence-corrected chi connectivity index (χ4v) is 3.99. The predicted octanol–water partition coefficient (Wildman–Crippen LogP) is 5.15. The molecule has 5 aromatic rings. The van der Waals surface area contributed by atoms with Crippen molar-refractivity contribution >= 4 is 53.4 Å². The molecule has 5 rings (SSSR count). The molecule has 2 nitrogen and oxygen atoms in total. The summed E-state index contributed by atoms with van der Waals surface area (Å²) >= 11 is 1.80. The van der Waals surface area contributed by atoms with Gasteiger partial charge in [-0.15, -0.1) is 11.3 Å². The molecule has 0 aliphatic heterocycles. The molecule has 3 heteroatoms. The van der Waals surface area contributed by atoms with Crippen molar-refractivity contribution in [1.82, 2.24) is 9.97 Å². The molecule has 0 saturated carbocycles. The molecule has 0 saturated heterocycles. The van der Waals surface area contributed by atoms with Crippen LogP contribution < -0.4 is 0 Å². The van der Waals surface area contributed by atoms with Gasteiger partial charge in [-0.25, -0.2) is 4.98 Å². The van der Waals surface area contributed by atoms with Gasteiger partial charge in [0.1, 0.15) is 0 Å². The number of hydrogen-bond donors (Lipinski definition) is 0. The van der Waals surface area contributed by atoms with Crippen molar-refractivity contribution in [1.29, 1.82) is 0 Å². The zero-order valence-electron chi connectivity index (χ0n) is 11.1. The molecule has 0 aliphatic carbocycles. The van der Waals surface area contributed by atoms with Crippen LogP contribution in [0.5, 0.6) is 0 Å². The molecular weight excluding hydrogens is 276 g/mol. The van der Waals surface area contributed by atoms with E-state index in [2.05, 4.69) is 53.5 Å². The van der Waals surface area contributed by atoms with E-state index in [0.29, 0.717) is 0 Å². The molecule has 0 bridgehead atoms. The van der Waals surface area contributed by atoms with Crippen molar-refractivity contribution in [3.05, 3.63) is 60.8 Å². The monoisotopic (exact) mass is 286 g/mol.